The van der Waals surface area contributed by atoms with E-state index in [4.69, 9.17) is 9.47 Å². The van der Waals surface area contributed by atoms with Gasteiger partial charge in [-0.1, -0.05) is 0 Å². The number of nitrogens with one attached hydrogen (secondary N) is 1. The number of hydrazone groups is 1. The van der Waals surface area contributed by atoms with Gasteiger partial charge in [0.15, 0.2) is 11.5 Å². The fourth-order valence-corrected chi connectivity index (χ4v) is 1.93. The summed E-state index contributed by atoms with van der Waals surface area (Å²) < 4.78 is 10.7. The standard InChI is InChI=1S/C11H12N2O2/c1-7-2-8-3-10-11(15-6-14-10)4-9(8)5-12-13-7/h3-4,12H,2,5-6H2,1H3. The molecule has 0 radical (unpaired) electrons. The van der Waals surface area contributed by atoms with Crippen molar-refractivity contribution in [3.05, 3.63) is 23.3 Å². The molecule has 0 bridgehead atoms. The van der Waals surface area contributed by atoms with Crippen LogP contribution in [0.5, 0.6) is 11.5 Å². The maximum Gasteiger partial charge on any atom is 0.231 e. The normalized spacial score (nSPS) is 17.5. The van der Waals surface area contributed by atoms with E-state index in [-0.39, 0.29) is 0 Å². The molecular formula is C11H12N2O2. The zero-order chi connectivity index (χ0) is 10.3. The third kappa shape index (κ3) is 1.42. The summed E-state index contributed by atoms with van der Waals surface area (Å²) in [7, 11) is 0. The Morgan fingerprint density at radius 1 is 1.20 bits per heavy atom. The molecule has 0 atom stereocenters. The number of rotatable bonds is 0. The molecule has 2 heterocycles. The number of fused-ring (bicyclic) bond motifs is 2. The molecule has 0 saturated heterocycles. The van der Waals surface area contributed by atoms with Gasteiger partial charge in [-0.3, -0.25) is 0 Å². The van der Waals surface area contributed by atoms with E-state index in [1.165, 1.54) is 11.1 Å². The van der Waals surface area contributed by atoms with E-state index in [1.807, 2.05) is 13.0 Å². The Kier molecular flexibility index (Phi) is 1.80. The molecule has 0 saturated carbocycles. The third-order valence-electron chi connectivity index (χ3n) is 2.68. The summed E-state index contributed by atoms with van der Waals surface area (Å²) in [5, 5.41) is 4.23. The van der Waals surface area contributed by atoms with Crippen molar-refractivity contribution < 1.29 is 9.47 Å². The average Bonchev–Trinajstić information content (AvgIpc) is 2.57. The number of nitrogens with zero attached hydrogens (tertiary/aromatic N) is 1. The van der Waals surface area contributed by atoms with Gasteiger partial charge in [-0.15, -0.1) is 0 Å². The van der Waals surface area contributed by atoms with Crippen LogP contribution in [-0.4, -0.2) is 12.5 Å². The van der Waals surface area contributed by atoms with Crippen LogP contribution in [-0.2, 0) is 13.0 Å². The monoisotopic (exact) mass is 204 g/mol. The van der Waals surface area contributed by atoms with E-state index in [0.717, 1.165) is 30.2 Å². The van der Waals surface area contributed by atoms with Crippen LogP contribution in [0.25, 0.3) is 0 Å². The van der Waals surface area contributed by atoms with Crippen LogP contribution in [0.3, 0.4) is 0 Å². The zero-order valence-electron chi connectivity index (χ0n) is 8.54. The third-order valence-corrected chi connectivity index (χ3v) is 2.68. The van der Waals surface area contributed by atoms with Crippen LogP contribution >= 0.6 is 0 Å². The summed E-state index contributed by atoms with van der Waals surface area (Å²) in [4.78, 5) is 0. The minimum atomic E-state index is 0.332. The molecule has 0 aromatic heterocycles. The van der Waals surface area contributed by atoms with E-state index >= 15 is 0 Å². The van der Waals surface area contributed by atoms with E-state index < -0.39 is 0 Å². The molecule has 0 fully saturated rings. The molecule has 4 heteroatoms. The second-order valence-electron chi connectivity index (χ2n) is 3.83. The lowest BCUT2D eigenvalue weighted by Gasteiger charge is -2.06. The summed E-state index contributed by atoms with van der Waals surface area (Å²) in [5.74, 6) is 1.69. The molecule has 0 unspecified atom stereocenters. The van der Waals surface area contributed by atoms with Gasteiger partial charge in [0.05, 0.1) is 6.54 Å². The maximum absolute atomic E-state index is 5.36. The van der Waals surface area contributed by atoms with Crippen molar-refractivity contribution in [2.24, 2.45) is 5.10 Å². The highest BCUT2D eigenvalue weighted by Crippen LogP contribution is 2.35. The number of hydrogen-bond donors (Lipinski definition) is 1. The van der Waals surface area contributed by atoms with Crippen molar-refractivity contribution in [2.45, 2.75) is 19.9 Å². The SMILES string of the molecule is CC1=NNCc2cc3c(cc2C1)OCO3. The van der Waals surface area contributed by atoms with Crippen molar-refractivity contribution in [3.8, 4) is 11.5 Å². The van der Waals surface area contributed by atoms with E-state index in [9.17, 15) is 0 Å². The molecule has 1 aromatic rings. The topological polar surface area (TPSA) is 42.9 Å². The van der Waals surface area contributed by atoms with Crippen LogP contribution in [0.1, 0.15) is 18.1 Å². The summed E-state index contributed by atoms with van der Waals surface area (Å²) in [6.07, 6.45) is 0.874. The van der Waals surface area contributed by atoms with Gasteiger partial charge >= 0.3 is 0 Å². The quantitative estimate of drug-likeness (QED) is 0.695. The summed E-state index contributed by atoms with van der Waals surface area (Å²) in [5.41, 5.74) is 6.63. The average molecular weight is 204 g/mol. The van der Waals surface area contributed by atoms with Crippen LogP contribution in [0.15, 0.2) is 17.2 Å². The molecule has 4 nitrogen and oxygen atoms in total. The van der Waals surface area contributed by atoms with Gasteiger partial charge in [0.2, 0.25) is 6.79 Å². The van der Waals surface area contributed by atoms with E-state index in [1.54, 1.807) is 0 Å². The Morgan fingerprint density at radius 2 is 1.93 bits per heavy atom. The van der Waals surface area contributed by atoms with Gasteiger partial charge in [-0.05, 0) is 30.2 Å². The molecule has 15 heavy (non-hydrogen) atoms. The van der Waals surface area contributed by atoms with Crippen LogP contribution in [0.4, 0.5) is 0 Å². The molecule has 0 amide bonds. The second-order valence-corrected chi connectivity index (χ2v) is 3.83. The highest BCUT2D eigenvalue weighted by molar-refractivity contribution is 5.84. The smallest absolute Gasteiger partial charge is 0.231 e. The lowest BCUT2D eigenvalue weighted by Crippen LogP contribution is -2.04. The van der Waals surface area contributed by atoms with E-state index in [0.29, 0.717) is 6.79 Å². The predicted molar refractivity (Wildman–Crippen MR) is 56.2 cm³/mol. The van der Waals surface area contributed by atoms with Crippen molar-refractivity contribution in [1.29, 1.82) is 0 Å². The molecule has 2 aliphatic heterocycles. The van der Waals surface area contributed by atoms with Gasteiger partial charge in [0.25, 0.3) is 0 Å². The number of hydrogen-bond acceptors (Lipinski definition) is 4. The molecule has 1 aromatic carbocycles. The Hall–Kier alpha value is -1.71. The number of benzene rings is 1. The summed E-state index contributed by atoms with van der Waals surface area (Å²) in [6.45, 7) is 3.11. The first-order chi connectivity index (χ1) is 7.33. The molecule has 78 valence electrons. The number of ether oxygens (including phenoxy) is 2. The Labute approximate surface area is 87.9 Å². The molecule has 0 aliphatic carbocycles. The van der Waals surface area contributed by atoms with Crippen molar-refractivity contribution in [3.63, 3.8) is 0 Å². The van der Waals surface area contributed by atoms with E-state index in [2.05, 4.69) is 16.6 Å². The first kappa shape index (κ1) is 8.59. The zero-order valence-corrected chi connectivity index (χ0v) is 8.54. The summed E-state index contributed by atoms with van der Waals surface area (Å²) >= 11 is 0. The van der Waals surface area contributed by atoms with Crippen LogP contribution in [0.2, 0.25) is 0 Å². The molecule has 0 spiro atoms. The minimum absolute atomic E-state index is 0.332. The molecule has 3 rings (SSSR count). The second kappa shape index (κ2) is 3.15. The maximum atomic E-state index is 5.36. The van der Waals surface area contributed by atoms with Gasteiger partial charge in [-0.25, -0.2) is 0 Å². The Morgan fingerprint density at radius 3 is 2.73 bits per heavy atom. The van der Waals surface area contributed by atoms with Gasteiger partial charge < -0.3 is 14.9 Å². The molecular weight excluding hydrogens is 192 g/mol. The van der Waals surface area contributed by atoms with Crippen molar-refractivity contribution in [1.82, 2.24) is 5.43 Å². The van der Waals surface area contributed by atoms with Gasteiger partial charge in [0.1, 0.15) is 0 Å². The van der Waals surface area contributed by atoms with Crippen molar-refractivity contribution in [2.75, 3.05) is 6.79 Å². The van der Waals surface area contributed by atoms with Crippen LogP contribution in [0, 0.1) is 0 Å². The first-order valence-corrected chi connectivity index (χ1v) is 5.00. The first-order valence-electron chi connectivity index (χ1n) is 5.00. The highest BCUT2D eigenvalue weighted by Gasteiger charge is 2.18. The molecule has 1 N–H and O–H groups in total. The van der Waals surface area contributed by atoms with Gasteiger partial charge in [0, 0.05) is 12.1 Å². The Balaban J connectivity index is 2.07. The largest absolute Gasteiger partial charge is 0.454 e. The lowest BCUT2D eigenvalue weighted by atomic mass is 10.0. The minimum Gasteiger partial charge on any atom is -0.454 e. The highest BCUT2D eigenvalue weighted by atomic mass is 16.7. The van der Waals surface area contributed by atoms with Gasteiger partial charge in [-0.2, -0.15) is 5.10 Å². The van der Waals surface area contributed by atoms with Crippen molar-refractivity contribution >= 4 is 5.71 Å². The predicted octanol–water partition coefficient (Wildman–Crippen LogP) is 1.44. The molecule has 2 aliphatic rings. The van der Waals surface area contributed by atoms with Crippen LogP contribution < -0.4 is 14.9 Å². The Bertz CT molecular complexity index is 440. The summed E-state index contributed by atoms with van der Waals surface area (Å²) in [6, 6.07) is 4.10. The lowest BCUT2D eigenvalue weighted by molar-refractivity contribution is 0.174. The fourth-order valence-electron chi connectivity index (χ4n) is 1.93. The fraction of sp³-hybridized carbons (Fsp3) is 0.364.